The van der Waals surface area contributed by atoms with Crippen molar-refractivity contribution in [2.75, 3.05) is 20.7 Å². The topological polar surface area (TPSA) is 88.1 Å². The number of aryl methyl sites for hydroxylation is 1. The van der Waals surface area contributed by atoms with Gasteiger partial charge in [-0.3, -0.25) is 4.79 Å². The Morgan fingerprint density at radius 3 is 2.67 bits per heavy atom. The summed E-state index contributed by atoms with van der Waals surface area (Å²) in [5.41, 5.74) is 3.68. The number of halogens is 1. The number of hydrogen-bond acceptors (Lipinski definition) is 5. The lowest BCUT2D eigenvalue weighted by Crippen LogP contribution is -2.36. The van der Waals surface area contributed by atoms with Crippen LogP contribution >= 0.6 is 11.6 Å². The van der Waals surface area contributed by atoms with Gasteiger partial charge in [-0.1, -0.05) is 35.9 Å². The summed E-state index contributed by atoms with van der Waals surface area (Å²) in [5.74, 6) is -0.374. The summed E-state index contributed by atoms with van der Waals surface area (Å²) in [6.07, 6.45) is 1.39. The Balaban J connectivity index is 2.07. The van der Waals surface area contributed by atoms with Crippen LogP contribution in [-0.4, -0.2) is 45.5 Å². The lowest BCUT2D eigenvalue weighted by molar-refractivity contribution is -0.121. The van der Waals surface area contributed by atoms with Crippen molar-refractivity contribution in [3.05, 3.63) is 58.6 Å². The summed E-state index contributed by atoms with van der Waals surface area (Å²) in [5, 5.41) is 4.29. The number of amides is 1. The minimum Gasteiger partial charge on any atom is -0.495 e. The van der Waals surface area contributed by atoms with Gasteiger partial charge in [0.1, 0.15) is 10.6 Å². The third-order valence-electron chi connectivity index (χ3n) is 3.67. The monoisotopic (exact) mass is 409 g/mol. The van der Waals surface area contributed by atoms with Crippen LogP contribution in [0.1, 0.15) is 11.1 Å². The molecule has 0 spiro atoms. The fourth-order valence-corrected chi connectivity index (χ4v) is 3.78. The van der Waals surface area contributed by atoms with Crippen LogP contribution in [0.3, 0.4) is 0 Å². The average Bonchev–Trinajstić information content (AvgIpc) is 2.63. The van der Waals surface area contributed by atoms with Gasteiger partial charge in [0.05, 0.1) is 19.9 Å². The number of sulfonamides is 1. The largest absolute Gasteiger partial charge is 0.495 e. The Morgan fingerprint density at radius 1 is 1.30 bits per heavy atom. The highest BCUT2D eigenvalue weighted by Crippen LogP contribution is 2.27. The number of nitrogens with zero attached hydrogens (tertiary/aromatic N) is 2. The standard InChI is InChI=1S/C18H20ClN3O4S/c1-13-8-9-16(26-3)17(10-13)27(24,25)22(2)12-18(23)21-20-11-14-6-4-5-7-15(14)19/h4-11H,12H2,1-3H3,(H,21,23). The molecule has 1 amide bonds. The lowest BCUT2D eigenvalue weighted by atomic mass is 10.2. The summed E-state index contributed by atoms with van der Waals surface area (Å²) >= 11 is 5.99. The molecule has 7 nitrogen and oxygen atoms in total. The van der Waals surface area contributed by atoms with Crippen LogP contribution < -0.4 is 10.2 Å². The second kappa shape index (κ2) is 8.98. The molecule has 0 aliphatic heterocycles. The quantitative estimate of drug-likeness (QED) is 0.562. The molecule has 0 fully saturated rings. The summed E-state index contributed by atoms with van der Waals surface area (Å²) in [6, 6.07) is 11.8. The van der Waals surface area contributed by atoms with Gasteiger partial charge in [0.2, 0.25) is 10.0 Å². The van der Waals surface area contributed by atoms with Gasteiger partial charge in [-0.15, -0.1) is 0 Å². The molecule has 0 saturated carbocycles. The summed E-state index contributed by atoms with van der Waals surface area (Å²) in [7, 11) is -1.21. The van der Waals surface area contributed by atoms with Crippen LogP contribution in [0, 0.1) is 6.92 Å². The van der Waals surface area contributed by atoms with Crippen molar-refractivity contribution >= 4 is 33.7 Å². The van der Waals surface area contributed by atoms with Crippen molar-refractivity contribution in [3.8, 4) is 5.75 Å². The van der Waals surface area contributed by atoms with Crippen LogP contribution in [-0.2, 0) is 14.8 Å². The fourth-order valence-electron chi connectivity index (χ4n) is 2.23. The molecule has 0 saturated heterocycles. The van der Waals surface area contributed by atoms with E-state index in [0.29, 0.717) is 10.6 Å². The van der Waals surface area contributed by atoms with Crippen molar-refractivity contribution < 1.29 is 17.9 Å². The Hall–Kier alpha value is -2.42. The first-order chi connectivity index (χ1) is 12.8. The molecular weight excluding hydrogens is 390 g/mol. The van der Waals surface area contributed by atoms with Gasteiger partial charge in [-0.2, -0.15) is 9.41 Å². The summed E-state index contributed by atoms with van der Waals surface area (Å²) < 4.78 is 31.6. The van der Waals surface area contributed by atoms with E-state index >= 15 is 0 Å². The van der Waals surface area contributed by atoms with E-state index < -0.39 is 22.5 Å². The minimum atomic E-state index is -3.91. The van der Waals surface area contributed by atoms with Crippen LogP contribution in [0.5, 0.6) is 5.75 Å². The van der Waals surface area contributed by atoms with Crippen molar-refractivity contribution in [1.29, 1.82) is 0 Å². The highest BCUT2D eigenvalue weighted by molar-refractivity contribution is 7.89. The maximum atomic E-state index is 12.7. The van der Waals surface area contributed by atoms with Crippen LogP contribution in [0.25, 0.3) is 0 Å². The fraction of sp³-hybridized carbons (Fsp3) is 0.222. The molecule has 9 heteroatoms. The Bertz CT molecular complexity index is 961. The molecule has 0 aliphatic carbocycles. The molecule has 0 aromatic heterocycles. The molecule has 0 aliphatic rings. The highest BCUT2D eigenvalue weighted by atomic mass is 35.5. The number of nitrogens with one attached hydrogen (secondary N) is 1. The van der Waals surface area contributed by atoms with E-state index in [1.165, 1.54) is 26.4 Å². The third kappa shape index (κ3) is 5.29. The zero-order valence-electron chi connectivity index (χ0n) is 15.1. The molecule has 1 N–H and O–H groups in total. The Kier molecular flexibility index (Phi) is 6.95. The van der Waals surface area contributed by atoms with Gasteiger partial charge >= 0.3 is 0 Å². The number of ether oxygens (including phenoxy) is 1. The predicted molar refractivity (Wildman–Crippen MR) is 105 cm³/mol. The molecular formula is C18H20ClN3O4S. The molecule has 27 heavy (non-hydrogen) atoms. The number of hydrazone groups is 1. The minimum absolute atomic E-state index is 0.000122. The van der Waals surface area contributed by atoms with Crippen molar-refractivity contribution in [2.45, 2.75) is 11.8 Å². The van der Waals surface area contributed by atoms with E-state index in [1.54, 1.807) is 43.3 Å². The summed E-state index contributed by atoms with van der Waals surface area (Å²) in [4.78, 5) is 12.0. The Morgan fingerprint density at radius 2 is 2.00 bits per heavy atom. The van der Waals surface area contributed by atoms with Crippen LogP contribution in [0.15, 0.2) is 52.5 Å². The van der Waals surface area contributed by atoms with Crippen LogP contribution in [0.4, 0.5) is 0 Å². The zero-order valence-corrected chi connectivity index (χ0v) is 16.7. The molecule has 2 rings (SSSR count). The van der Waals surface area contributed by atoms with E-state index in [2.05, 4.69) is 10.5 Å². The first-order valence-electron chi connectivity index (χ1n) is 7.93. The second-order valence-corrected chi connectivity index (χ2v) is 8.15. The lowest BCUT2D eigenvalue weighted by Gasteiger charge is -2.18. The van der Waals surface area contributed by atoms with Gasteiger partial charge in [0.15, 0.2) is 0 Å². The third-order valence-corrected chi connectivity index (χ3v) is 5.84. The highest BCUT2D eigenvalue weighted by Gasteiger charge is 2.26. The molecule has 0 radical (unpaired) electrons. The number of methoxy groups -OCH3 is 1. The van der Waals surface area contributed by atoms with E-state index in [0.717, 1.165) is 9.87 Å². The number of hydrogen-bond donors (Lipinski definition) is 1. The van der Waals surface area contributed by atoms with E-state index in [4.69, 9.17) is 16.3 Å². The SMILES string of the molecule is COc1ccc(C)cc1S(=O)(=O)N(C)CC(=O)NN=Cc1ccccc1Cl. The molecule has 2 aromatic rings. The van der Waals surface area contributed by atoms with Gasteiger partial charge in [0, 0.05) is 17.6 Å². The molecule has 0 unspecified atom stereocenters. The smallest absolute Gasteiger partial charge is 0.255 e. The maximum absolute atomic E-state index is 12.7. The zero-order chi connectivity index (χ0) is 20.0. The van der Waals surface area contributed by atoms with Gasteiger partial charge in [0.25, 0.3) is 5.91 Å². The molecule has 2 aromatic carbocycles. The van der Waals surface area contributed by atoms with Crippen molar-refractivity contribution in [2.24, 2.45) is 5.10 Å². The average molecular weight is 410 g/mol. The Labute approximate surface area is 163 Å². The maximum Gasteiger partial charge on any atom is 0.255 e. The predicted octanol–water partition coefficient (Wildman–Crippen LogP) is 2.43. The van der Waals surface area contributed by atoms with Crippen molar-refractivity contribution in [1.82, 2.24) is 9.73 Å². The number of benzene rings is 2. The summed E-state index contributed by atoms with van der Waals surface area (Å²) in [6.45, 7) is 1.37. The molecule has 0 bridgehead atoms. The number of carbonyl (C=O) groups is 1. The van der Waals surface area contributed by atoms with Gasteiger partial charge < -0.3 is 4.74 Å². The molecule has 0 heterocycles. The van der Waals surface area contributed by atoms with E-state index in [9.17, 15) is 13.2 Å². The van der Waals surface area contributed by atoms with E-state index in [-0.39, 0.29) is 10.6 Å². The first kappa shape index (κ1) is 20.9. The van der Waals surface area contributed by atoms with Gasteiger partial charge in [-0.25, -0.2) is 13.8 Å². The number of rotatable bonds is 7. The first-order valence-corrected chi connectivity index (χ1v) is 9.75. The number of likely N-dealkylation sites (N-methyl/N-ethyl adjacent to an activating group) is 1. The second-order valence-electron chi connectivity index (χ2n) is 5.73. The van der Waals surface area contributed by atoms with E-state index in [1.807, 2.05) is 0 Å². The number of carbonyl (C=O) groups excluding carboxylic acids is 1. The molecule has 144 valence electrons. The molecule has 0 atom stereocenters. The normalized spacial score (nSPS) is 11.7. The van der Waals surface area contributed by atoms with Crippen LogP contribution in [0.2, 0.25) is 5.02 Å². The van der Waals surface area contributed by atoms with Gasteiger partial charge in [-0.05, 0) is 30.7 Å². The van der Waals surface area contributed by atoms with Crippen molar-refractivity contribution in [3.63, 3.8) is 0 Å².